The lowest BCUT2D eigenvalue weighted by atomic mass is 10.2. The lowest BCUT2D eigenvalue weighted by Gasteiger charge is -2.08. The summed E-state index contributed by atoms with van der Waals surface area (Å²) < 4.78 is 5.35. The number of hydrogen-bond donors (Lipinski definition) is 2. The first kappa shape index (κ1) is 14.4. The molecule has 0 saturated carbocycles. The number of carbonyl (C=O) groups is 1. The van der Waals surface area contributed by atoms with Gasteiger partial charge < -0.3 is 10.1 Å². The number of benzene rings is 2. The standard InChI is InChI=1S/C16H14ClN3O2/c1-2-22-15-6-4-10(7-13(15)17)16(21)19-12-5-3-11-9-18-20-14(11)8-12/h3-9H,2H2,1H3,(H,18,20)(H,19,21). The van der Waals surface area contributed by atoms with Gasteiger partial charge in [-0.2, -0.15) is 5.10 Å². The molecular weight excluding hydrogens is 302 g/mol. The number of carbonyl (C=O) groups excluding carboxylic acids is 1. The maximum absolute atomic E-state index is 12.3. The van der Waals surface area contributed by atoms with Crippen LogP contribution in [0.4, 0.5) is 5.69 Å². The van der Waals surface area contributed by atoms with Crippen molar-refractivity contribution in [1.29, 1.82) is 0 Å². The van der Waals surface area contributed by atoms with Gasteiger partial charge in [-0.05, 0) is 43.3 Å². The highest BCUT2D eigenvalue weighted by atomic mass is 35.5. The molecule has 0 aliphatic heterocycles. The molecule has 6 heteroatoms. The van der Waals surface area contributed by atoms with Crippen molar-refractivity contribution in [1.82, 2.24) is 10.2 Å². The van der Waals surface area contributed by atoms with E-state index in [1.807, 2.05) is 25.1 Å². The normalized spacial score (nSPS) is 10.6. The van der Waals surface area contributed by atoms with Gasteiger partial charge in [0, 0.05) is 16.6 Å². The summed E-state index contributed by atoms with van der Waals surface area (Å²) in [5.41, 5.74) is 2.02. The Morgan fingerprint density at radius 3 is 2.95 bits per heavy atom. The highest BCUT2D eigenvalue weighted by molar-refractivity contribution is 6.32. The number of halogens is 1. The second-order valence-electron chi connectivity index (χ2n) is 4.70. The van der Waals surface area contributed by atoms with Crippen LogP contribution in [0.2, 0.25) is 5.02 Å². The number of nitrogens with zero attached hydrogens (tertiary/aromatic N) is 1. The van der Waals surface area contributed by atoms with E-state index in [2.05, 4.69) is 15.5 Å². The van der Waals surface area contributed by atoms with Crippen molar-refractivity contribution in [2.24, 2.45) is 0 Å². The molecule has 0 aliphatic rings. The summed E-state index contributed by atoms with van der Waals surface area (Å²) in [4.78, 5) is 12.3. The molecule has 1 heterocycles. The van der Waals surface area contributed by atoms with E-state index in [4.69, 9.17) is 16.3 Å². The molecule has 0 aliphatic carbocycles. The van der Waals surface area contributed by atoms with Crippen LogP contribution >= 0.6 is 11.6 Å². The molecule has 5 nitrogen and oxygen atoms in total. The van der Waals surface area contributed by atoms with Crippen LogP contribution in [0.1, 0.15) is 17.3 Å². The fourth-order valence-electron chi connectivity index (χ4n) is 2.13. The fraction of sp³-hybridized carbons (Fsp3) is 0.125. The predicted molar refractivity (Wildman–Crippen MR) is 86.7 cm³/mol. The molecule has 3 aromatic rings. The highest BCUT2D eigenvalue weighted by Crippen LogP contribution is 2.26. The van der Waals surface area contributed by atoms with E-state index in [-0.39, 0.29) is 5.91 Å². The molecule has 1 aromatic heterocycles. The summed E-state index contributed by atoms with van der Waals surface area (Å²) in [6.45, 7) is 2.40. The van der Waals surface area contributed by atoms with Gasteiger partial charge in [-0.25, -0.2) is 0 Å². The number of amides is 1. The number of ether oxygens (including phenoxy) is 1. The van der Waals surface area contributed by atoms with Crippen LogP contribution in [0, 0.1) is 0 Å². The smallest absolute Gasteiger partial charge is 0.255 e. The van der Waals surface area contributed by atoms with Gasteiger partial charge in [0.15, 0.2) is 0 Å². The number of hydrogen-bond acceptors (Lipinski definition) is 3. The lowest BCUT2D eigenvalue weighted by Crippen LogP contribution is -2.11. The van der Waals surface area contributed by atoms with E-state index >= 15 is 0 Å². The monoisotopic (exact) mass is 315 g/mol. The van der Waals surface area contributed by atoms with Gasteiger partial charge in [-0.15, -0.1) is 0 Å². The minimum absolute atomic E-state index is 0.233. The third kappa shape index (κ3) is 2.89. The van der Waals surface area contributed by atoms with Gasteiger partial charge in [0.1, 0.15) is 5.75 Å². The lowest BCUT2D eigenvalue weighted by molar-refractivity contribution is 0.102. The zero-order chi connectivity index (χ0) is 15.5. The third-order valence-electron chi connectivity index (χ3n) is 3.19. The van der Waals surface area contributed by atoms with Crippen molar-refractivity contribution in [3.63, 3.8) is 0 Å². The largest absolute Gasteiger partial charge is 0.492 e. The van der Waals surface area contributed by atoms with E-state index in [9.17, 15) is 4.79 Å². The average molecular weight is 316 g/mol. The summed E-state index contributed by atoms with van der Waals surface area (Å²) in [5, 5.41) is 11.1. The van der Waals surface area contributed by atoms with Crippen LogP contribution in [0.25, 0.3) is 10.9 Å². The maximum atomic E-state index is 12.3. The first-order valence-corrected chi connectivity index (χ1v) is 7.22. The van der Waals surface area contributed by atoms with Crippen molar-refractivity contribution >= 4 is 34.1 Å². The highest BCUT2D eigenvalue weighted by Gasteiger charge is 2.10. The Kier molecular flexibility index (Phi) is 3.98. The van der Waals surface area contributed by atoms with E-state index in [0.29, 0.717) is 28.6 Å². The van der Waals surface area contributed by atoms with Gasteiger partial charge in [0.05, 0.1) is 23.3 Å². The molecule has 0 radical (unpaired) electrons. The quantitative estimate of drug-likeness (QED) is 0.768. The van der Waals surface area contributed by atoms with E-state index in [1.54, 1.807) is 24.4 Å². The Morgan fingerprint density at radius 1 is 1.32 bits per heavy atom. The molecule has 1 amide bonds. The molecule has 0 unspecified atom stereocenters. The molecule has 0 bridgehead atoms. The number of H-pyrrole nitrogens is 1. The van der Waals surface area contributed by atoms with E-state index in [1.165, 1.54) is 0 Å². The summed E-state index contributed by atoms with van der Waals surface area (Å²) in [5.74, 6) is 0.336. The summed E-state index contributed by atoms with van der Waals surface area (Å²) in [6.07, 6.45) is 1.73. The topological polar surface area (TPSA) is 67.0 Å². The second kappa shape index (κ2) is 6.07. The van der Waals surface area contributed by atoms with E-state index < -0.39 is 0 Å². The van der Waals surface area contributed by atoms with Gasteiger partial charge in [-0.1, -0.05) is 11.6 Å². The first-order valence-electron chi connectivity index (χ1n) is 6.84. The van der Waals surface area contributed by atoms with Crippen LogP contribution in [0.15, 0.2) is 42.6 Å². The minimum Gasteiger partial charge on any atom is -0.492 e. The third-order valence-corrected chi connectivity index (χ3v) is 3.49. The van der Waals surface area contributed by atoms with Gasteiger partial charge in [0.25, 0.3) is 5.91 Å². The fourth-order valence-corrected chi connectivity index (χ4v) is 2.37. The van der Waals surface area contributed by atoms with Crippen LogP contribution < -0.4 is 10.1 Å². The van der Waals surface area contributed by atoms with E-state index in [0.717, 1.165) is 10.9 Å². The molecule has 0 fully saturated rings. The SMILES string of the molecule is CCOc1ccc(C(=O)Nc2ccc3cn[nH]c3c2)cc1Cl. The zero-order valence-electron chi connectivity index (χ0n) is 11.9. The summed E-state index contributed by atoms with van der Waals surface area (Å²) in [6, 6.07) is 10.5. The summed E-state index contributed by atoms with van der Waals surface area (Å²) in [7, 11) is 0. The number of aromatic amines is 1. The van der Waals surface area contributed by atoms with Crippen LogP contribution in [-0.4, -0.2) is 22.7 Å². The van der Waals surface area contributed by atoms with Gasteiger partial charge in [0.2, 0.25) is 0 Å². The molecule has 112 valence electrons. The molecule has 0 atom stereocenters. The predicted octanol–water partition coefficient (Wildman–Crippen LogP) is 3.87. The first-order chi connectivity index (χ1) is 10.7. The van der Waals surface area contributed by atoms with Gasteiger partial charge >= 0.3 is 0 Å². The van der Waals surface area contributed by atoms with Crippen LogP contribution in [-0.2, 0) is 0 Å². The van der Waals surface area contributed by atoms with Crippen LogP contribution in [0.5, 0.6) is 5.75 Å². The molecule has 22 heavy (non-hydrogen) atoms. The Labute approximate surface area is 132 Å². The Bertz CT molecular complexity index is 829. The molecule has 0 spiro atoms. The van der Waals surface area contributed by atoms with Crippen molar-refractivity contribution in [2.45, 2.75) is 6.92 Å². The van der Waals surface area contributed by atoms with Gasteiger partial charge in [-0.3, -0.25) is 9.89 Å². The molecule has 2 N–H and O–H groups in total. The number of nitrogens with one attached hydrogen (secondary N) is 2. The van der Waals surface area contributed by atoms with Crippen LogP contribution in [0.3, 0.4) is 0 Å². The Hall–Kier alpha value is -2.53. The molecule has 3 rings (SSSR count). The molecular formula is C16H14ClN3O2. The van der Waals surface area contributed by atoms with Crippen molar-refractivity contribution in [3.05, 3.63) is 53.2 Å². The number of anilines is 1. The van der Waals surface area contributed by atoms with Crippen molar-refractivity contribution in [2.75, 3.05) is 11.9 Å². The van der Waals surface area contributed by atoms with Crippen molar-refractivity contribution < 1.29 is 9.53 Å². The summed E-state index contributed by atoms with van der Waals surface area (Å²) >= 11 is 6.10. The zero-order valence-corrected chi connectivity index (χ0v) is 12.6. The number of rotatable bonds is 4. The number of fused-ring (bicyclic) bond motifs is 1. The average Bonchev–Trinajstić information content (AvgIpc) is 2.97. The maximum Gasteiger partial charge on any atom is 0.255 e. The molecule has 0 saturated heterocycles. The Morgan fingerprint density at radius 2 is 2.18 bits per heavy atom. The second-order valence-corrected chi connectivity index (χ2v) is 5.11. The number of aromatic nitrogens is 2. The molecule has 2 aromatic carbocycles. The minimum atomic E-state index is -0.233. The van der Waals surface area contributed by atoms with Crippen molar-refractivity contribution in [3.8, 4) is 5.75 Å². The Balaban J connectivity index is 1.80.